The first-order valence-corrected chi connectivity index (χ1v) is 18.1. The second-order valence-electron chi connectivity index (χ2n) is 12.8. The number of hydrogen-bond acceptors (Lipinski definition) is 7. The van der Waals surface area contributed by atoms with E-state index in [2.05, 4.69) is 72.7 Å². The average Bonchev–Trinajstić information content (AvgIpc) is 3.20. The quantitative estimate of drug-likeness (QED) is 0.442. The van der Waals surface area contributed by atoms with Gasteiger partial charge in [0.15, 0.2) is 28.5 Å². The van der Waals surface area contributed by atoms with Crippen molar-refractivity contribution in [3.05, 3.63) is 33.1 Å². The van der Waals surface area contributed by atoms with Gasteiger partial charge < -0.3 is 18.3 Å². The number of ether oxygens (including phenoxy) is 2. The molecule has 3 heterocycles. The van der Waals surface area contributed by atoms with Crippen molar-refractivity contribution in [3.63, 3.8) is 0 Å². The number of nitrogens with one attached hydrogen (secondary N) is 1. The highest BCUT2D eigenvalue weighted by atomic mass is 28.4. The van der Waals surface area contributed by atoms with Crippen LogP contribution in [0.2, 0.25) is 36.3 Å². The van der Waals surface area contributed by atoms with Crippen molar-refractivity contribution in [3.8, 4) is 0 Å². The van der Waals surface area contributed by atoms with Gasteiger partial charge in [0.05, 0.1) is 6.61 Å². The predicted octanol–water partition coefficient (Wildman–Crippen LogP) is 3.92. The van der Waals surface area contributed by atoms with Crippen molar-refractivity contribution in [2.24, 2.45) is 0 Å². The van der Waals surface area contributed by atoms with E-state index in [1.807, 2.05) is 0 Å². The molecule has 35 heavy (non-hydrogen) atoms. The van der Waals surface area contributed by atoms with E-state index >= 15 is 0 Å². The lowest BCUT2D eigenvalue weighted by molar-refractivity contribution is -0.160. The number of H-pyrrole nitrogens is 1. The van der Waals surface area contributed by atoms with Gasteiger partial charge in [-0.3, -0.25) is 19.1 Å². The highest BCUT2D eigenvalue weighted by Crippen LogP contribution is 2.51. The Morgan fingerprint density at radius 2 is 1.66 bits per heavy atom. The molecule has 1 aromatic heterocycles. The molecule has 1 N–H and O–H groups in total. The summed E-state index contributed by atoms with van der Waals surface area (Å²) in [5, 5.41) is -0.148. The molecular weight excluding hydrogens is 484 g/mol. The summed E-state index contributed by atoms with van der Waals surface area (Å²) in [6, 6.07) is 1.28. The SMILES string of the molecule is CC(C)(C)[Si](C)(C)OC[C@H]1O[C@@H](n2ccc(=O)[nH]c2=O)[C@H](O[Si](C)(C)C(C)(C)C)[C@]12CCC(=O)O2. The fourth-order valence-electron chi connectivity index (χ4n) is 3.99. The molecule has 2 saturated heterocycles. The van der Waals surface area contributed by atoms with Gasteiger partial charge in [-0.15, -0.1) is 0 Å². The zero-order chi connectivity index (χ0) is 26.6. The summed E-state index contributed by atoms with van der Waals surface area (Å²) >= 11 is 0. The van der Waals surface area contributed by atoms with Crippen LogP contribution in [-0.2, 0) is 23.1 Å². The molecular formula is C24H42N2O7Si2. The Labute approximate surface area is 209 Å². The summed E-state index contributed by atoms with van der Waals surface area (Å²) in [5.41, 5.74) is -2.18. The second kappa shape index (κ2) is 9.09. The van der Waals surface area contributed by atoms with Gasteiger partial charge in [-0.1, -0.05) is 41.5 Å². The number of aromatic amines is 1. The smallest absolute Gasteiger partial charge is 0.330 e. The molecule has 0 saturated carbocycles. The molecule has 0 radical (unpaired) electrons. The zero-order valence-electron chi connectivity index (χ0n) is 22.8. The minimum atomic E-state index is -2.40. The fraction of sp³-hybridized carbons (Fsp3) is 0.792. The standard InChI is InChI=1S/C24H42N2O7Si2/c1-22(2,3)34(7,8)30-15-16-24(13-11-18(28)32-24)19(33-35(9,10)23(4,5)6)20(31-16)26-14-12-17(27)25-21(26)29/h12,14,16,19-20H,11,13,15H2,1-10H3,(H,25,27,29)/t16-,19+,20-,24+/m1/s1. The summed E-state index contributed by atoms with van der Waals surface area (Å²) in [6.45, 7) is 21.6. The van der Waals surface area contributed by atoms with Gasteiger partial charge in [0.1, 0.15) is 12.2 Å². The summed E-state index contributed by atoms with van der Waals surface area (Å²) < 4.78 is 27.2. The predicted molar refractivity (Wildman–Crippen MR) is 139 cm³/mol. The first kappa shape index (κ1) is 28.0. The number of hydrogen-bond donors (Lipinski definition) is 1. The molecule has 0 aliphatic carbocycles. The third-order valence-corrected chi connectivity index (χ3v) is 17.3. The van der Waals surface area contributed by atoms with Gasteiger partial charge in [0, 0.05) is 25.1 Å². The molecule has 0 amide bonds. The van der Waals surface area contributed by atoms with Crippen molar-refractivity contribution in [2.75, 3.05) is 6.61 Å². The van der Waals surface area contributed by atoms with E-state index in [-0.39, 0.29) is 29.1 Å². The highest BCUT2D eigenvalue weighted by molar-refractivity contribution is 6.74. The van der Waals surface area contributed by atoms with E-state index < -0.39 is 51.9 Å². The Kier molecular flexibility index (Phi) is 7.28. The molecule has 0 unspecified atom stereocenters. The van der Waals surface area contributed by atoms with Gasteiger partial charge in [-0.2, -0.15) is 0 Å². The van der Waals surface area contributed by atoms with E-state index in [4.69, 9.17) is 18.3 Å². The monoisotopic (exact) mass is 526 g/mol. The van der Waals surface area contributed by atoms with Crippen molar-refractivity contribution in [2.45, 2.75) is 115 Å². The van der Waals surface area contributed by atoms with Crippen LogP contribution < -0.4 is 11.2 Å². The lowest BCUT2D eigenvalue weighted by atomic mass is 9.89. The molecule has 9 nitrogen and oxygen atoms in total. The molecule has 1 aromatic rings. The number of rotatable bonds is 6. The van der Waals surface area contributed by atoms with Crippen molar-refractivity contribution in [1.29, 1.82) is 0 Å². The topological polar surface area (TPSA) is 109 Å². The summed E-state index contributed by atoms with van der Waals surface area (Å²) in [4.78, 5) is 39.4. The second-order valence-corrected chi connectivity index (χ2v) is 22.4. The Morgan fingerprint density at radius 1 is 1.06 bits per heavy atom. The maximum Gasteiger partial charge on any atom is 0.330 e. The van der Waals surface area contributed by atoms with E-state index in [1.54, 1.807) is 0 Å². The summed E-state index contributed by atoms with van der Waals surface area (Å²) in [5.74, 6) is -0.316. The number of carbonyl (C=O) groups excluding carboxylic acids is 1. The lowest BCUT2D eigenvalue weighted by Gasteiger charge is -2.43. The van der Waals surface area contributed by atoms with Crippen LogP contribution >= 0.6 is 0 Å². The molecule has 2 aliphatic heterocycles. The lowest BCUT2D eigenvalue weighted by Crippen LogP contribution is -2.56. The number of aromatic nitrogens is 2. The number of carbonyl (C=O) groups is 1. The Hall–Kier alpha value is -1.54. The average molecular weight is 527 g/mol. The maximum absolute atomic E-state index is 12.8. The Bertz CT molecular complexity index is 1070. The van der Waals surface area contributed by atoms with Gasteiger partial charge >= 0.3 is 11.7 Å². The summed E-state index contributed by atoms with van der Waals surface area (Å²) in [7, 11) is -4.54. The van der Waals surface area contributed by atoms with Gasteiger partial charge in [-0.05, 0) is 36.3 Å². The van der Waals surface area contributed by atoms with Crippen LogP contribution in [0, 0.1) is 0 Å². The molecule has 198 valence electrons. The zero-order valence-corrected chi connectivity index (χ0v) is 24.8. The van der Waals surface area contributed by atoms with E-state index in [0.29, 0.717) is 6.42 Å². The Morgan fingerprint density at radius 3 is 2.14 bits per heavy atom. The first-order valence-electron chi connectivity index (χ1n) is 12.3. The van der Waals surface area contributed by atoms with Crippen LogP contribution in [0.25, 0.3) is 0 Å². The van der Waals surface area contributed by atoms with Gasteiger partial charge in [-0.25, -0.2) is 4.79 Å². The van der Waals surface area contributed by atoms with Crippen LogP contribution in [0.3, 0.4) is 0 Å². The molecule has 11 heteroatoms. The molecule has 4 atom stereocenters. The van der Waals surface area contributed by atoms with E-state index in [1.165, 1.54) is 16.8 Å². The van der Waals surface area contributed by atoms with E-state index in [0.717, 1.165) is 0 Å². The number of nitrogens with zero attached hydrogens (tertiary/aromatic N) is 1. The molecule has 0 aromatic carbocycles. The van der Waals surface area contributed by atoms with Crippen LogP contribution in [0.1, 0.15) is 60.6 Å². The van der Waals surface area contributed by atoms with Gasteiger partial charge in [0.2, 0.25) is 0 Å². The van der Waals surface area contributed by atoms with Crippen LogP contribution in [0.15, 0.2) is 21.9 Å². The molecule has 3 rings (SSSR count). The normalized spacial score (nSPS) is 28.1. The largest absolute Gasteiger partial charge is 0.453 e. The molecule has 1 spiro atoms. The van der Waals surface area contributed by atoms with Crippen molar-refractivity contribution < 1.29 is 23.1 Å². The molecule has 2 aliphatic rings. The fourth-order valence-corrected chi connectivity index (χ4v) is 6.30. The van der Waals surface area contributed by atoms with E-state index in [9.17, 15) is 14.4 Å². The van der Waals surface area contributed by atoms with Crippen LogP contribution in [-0.4, -0.2) is 56.6 Å². The number of esters is 1. The van der Waals surface area contributed by atoms with Crippen molar-refractivity contribution >= 4 is 22.6 Å². The third-order valence-electron chi connectivity index (χ3n) is 8.37. The van der Waals surface area contributed by atoms with Crippen LogP contribution in [0.4, 0.5) is 0 Å². The van der Waals surface area contributed by atoms with Crippen molar-refractivity contribution in [1.82, 2.24) is 9.55 Å². The maximum atomic E-state index is 12.8. The van der Waals surface area contributed by atoms with Gasteiger partial charge in [0.25, 0.3) is 5.56 Å². The molecule has 0 bridgehead atoms. The first-order chi connectivity index (χ1) is 15.8. The highest BCUT2D eigenvalue weighted by Gasteiger charge is 2.65. The minimum Gasteiger partial charge on any atom is -0.453 e. The van der Waals surface area contributed by atoms with Crippen LogP contribution in [0.5, 0.6) is 0 Å². The Balaban J connectivity index is 2.09. The third kappa shape index (κ3) is 5.29. The minimum absolute atomic E-state index is 0.0165. The molecule has 2 fully saturated rings. The summed E-state index contributed by atoms with van der Waals surface area (Å²) in [6.07, 6.45) is -0.175.